The first-order valence-corrected chi connectivity index (χ1v) is 5.28. The van der Waals surface area contributed by atoms with Gasteiger partial charge >= 0.3 is 11.9 Å². The number of carboxylic acids is 1. The van der Waals surface area contributed by atoms with E-state index in [1.165, 1.54) is 25.3 Å². The number of carbonyl (C=O) groups is 2. The number of hydrogen-bond donors (Lipinski definition) is 1. The molecule has 1 aliphatic carbocycles. The normalized spacial score (nSPS) is 15.2. The minimum absolute atomic E-state index is 0.161. The molecule has 0 atom stereocenters. The van der Waals surface area contributed by atoms with Crippen molar-refractivity contribution in [1.82, 2.24) is 0 Å². The summed E-state index contributed by atoms with van der Waals surface area (Å²) < 4.78 is 5.08. The summed E-state index contributed by atoms with van der Waals surface area (Å²) in [4.78, 5) is 20.0. The Kier molecular flexibility index (Phi) is 7.85. The van der Waals surface area contributed by atoms with Crippen LogP contribution in [0.5, 0.6) is 0 Å². The first kappa shape index (κ1) is 14.4. The van der Waals surface area contributed by atoms with Crippen LogP contribution in [0.15, 0.2) is 25.3 Å². The van der Waals surface area contributed by atoms with Gasteiger partial charge in [-0.15, -0.1) is 0 Å². The average Bonchev–Trinajstić information content (AvgIpc) is 2.31. The van der Waals surface area contributed by atoms with E-state index in [0.29, 0.717) is 0 Å². The smallest absolute Gasteiger partial charge is 0.330 e. The number of aliphatic carboxylic acids is 1. The summed E-state index contributed by atoms with van der Waals surface area (Å²) >= 11 is 0. The van der Waals surface area contributed by atoms with Crippen LogP contribution >= 0.6 is 0 Å². The van der Waals surface area contributed by atoms with Crippen molar-refractivity contribution >= 4 is 11.9 Å². The third-order valence-electron chi connectivity index (χ3n) is 2.18. The molecule has 1 aliphatic rings. The van der Waals surface area contributed by atoms with E-state index in [2.05, 4.69) is 13.2 Å². The van der Waals surface area contributed by atoms with Gasteiger partial charge in [0.2, 0.25) is 0 Å². The highest BCUT2D eigenvalue weighted by atomic mass is 16.5. The lowest BCUT2D eigenvalue weighted by Crippen LogP contribution is -2.19. The van der Waals surface area contributed by atoms with Crippen molar-refractivity contribution in [3.8, 4) is 0 Å². The Balaban J connectivity index is 0.000000385. The molecular formula is C12H18O4. The van der Waals surface area contributed by atoms with E-state index in [1.54, 1.807) is 0 Å². The van der Waals surface area contributed by atoms with Crippen LogP contribution in [-0.4, -0.2) is 23.1 Å². The molecule has 0 saturated heterocycles. The molecule has 0 aromatic rings. The van der Waals surface area contributed by atoms with Gasteiger partial charge in [-0.3, -0.25) is 0 Å². The molecule has 0 amide bonds. The molecule has 0 aliphatic heterocycles. The molecule has 0 radical (unpaired) electrons. The van der Waals surface area contributed by atoms with Crippen LogP contribution in [0, 0.1) is 0 Å². The number of carboxylic acid groups (broad SMARTS) is 1. The molecule has 0 heterocycles. The quantitative estimate of drug-likeness (QED) is 0.592. The minimum Gasteiger partial charge on any atom is -0.478 e. The van der Waals surface area contributed by atoms with Gasteiger partial charge in [-0.2, -0.15) is 0 Å². The van der Waals surface area contributed by atoms with E-state index >= 15 is 0 Å². The van der Waals surface area contributed by atoms with E-state index in [4.69, 9.17) is 9.84 Å². The molecule has 1 saturated carbocycles. The summed E-state index contributed by atoms with van der Waals surface area (Å²) in [6.07, 6.45) is 7.94. The van der Waals surface area contributed by atoms with Crippen LogP contribution in [0.4, 0.5) is 0 Å². The van der Waals surface area contributed by atoms with Crippen LogP contribution < -0.4 is 0 Å². The van der Waals surface area contributed by atoms with Crippen molar-refractivity contribution in [1.29, 1.82) is 0 Å². The van der Waals surface area contributed by atoms with E-state index in [9.17, 15) is 9.59 Å². The molecule has 0 unspecified atom stereocenters. The van der Waals surface area contributed by atoms with Crippen LogP contribution in [0.2, 0.25) is 0 Å². The highest BCUT2D eigenvalue weighted by molar-refractivity contribution is 5.81. The van der Waals surface area contributed by atoms with Crippen LogP contribution in [-0.2, 0) is 14.3 Å². The number of esters is 1. The Hall–Kier alpha value is -1.58. The maximum absolute atomic E-state index is 10.7. The fraction of sp³-hybridized carbons (Fsp3) is 0.500. The van der Waals surface area contributed by atoms with Crippen LogP contribution in [0.1, 0.15) is 32.1 Å². The second-order valence-electron chi connectivity index (χ2n) is 3.44. The Morgan fingerprint density at radius 3 is 2.00 bits per heavy atom. The first-order chi connectivity index (χ1) is 7.60. The second-order valence-corrected chi connectivity index (χ2v) is 3.44. The van der Waals surface area contributed by atoms with Crippen molar-refractivity contribution < 1.29 is 19.4 Å². The van der Waals surface area contributed by atoms with Gasteiger partial charge in [-0.1, -0.05) is 19.6 Å². The van der Waals surface area contributed by atoms with Crippen molar-refractivity contribution in [2.24, 2.45) is 0 Å². The summed E-state index contributed by atoms with van der Waals surface area (Å²) in [6, 6.07) is 0. The molecule has 4 heteroatoms. The third-order valence-corrected chi connectivity index (χ3v) is 2.18. The summed E-state index contributed by atoms with van der Waals surface area (Å²) in [7, 11) is 0. The zero-order valence-corrected chi connectivity index (χ0v) is 9.35. The lowest BCUT2D eigenvalue weighted by molar-refractivity contribution is -0.144. The highest BCUT2D eigenvalue weighted by Crippen LogP contribution is 2.20. The van der Waals surface area contributed by atoms with E-state index in [1.807, 2.05) is 0 Å². The number of hydrogen-bond acceptors (Lipinski definition) is 3. The van der Waals surface area contributed by atoms with Crippen molar-refractivity contribution in [3.05, 3.63) is 25.3 Å². The maximum Gasteiger partial charge on any atom is 0.330 e. The summed E-state index contributed by atoms with van der Waals surface area (Å²) in [5.74, 6) is -1.26. The molecular weight excluding hydrogens is 208 g/mol. The van der Waals surface area contributed by atoms with Crippen molar-refractivity contribution in [2.45, 2.75) is 38.2 Å². The van der Waals surface area contributed by atoms with Crippen LogP contribution in [0.3, 0.4) is 0 Å². The second kappa shape index (κ2) is 8.71. The van der Waals surface area contributed by atoms with Crippen molar-refractivity contribution in [2.75, 3.05) is 0 Å². The van der Waals surface area contributed by atoms with Gasteiger partial charge in [0, 0.05) is 12.2 Å². The fourth-order valence-electron chi connectivity index (χ4n) is 1.40. The lowest BCUT2D eigenvalue weighted by Gasteiger charge is -2.20. The predicted molar refractivity (Wildman–Crippen MR) is 61.0 cm³/mol. The molecule has 1 fully saturated rings. The third kappa shape index (κ3) is 7.79. The molecule has 16 heavy (non-hydrogen) atoms. The number of rotatable bonds is 3. The summed E-state index contributed by atoms with van der Waals surface area (Å²) in [5, 5.41) is 7.60. The molecule has 0 aromatic heterocycles. The Bertz CT molecular complexity index is 252. The minimum atomic E-state index is -0.981. The maximum atomic E-state index is 10.7. The molecule has 4 nitrogen and oxygen atoms in total. The van der Waals surface area contributed by atoms with E-state index < -0.39 is 5.97 Å². The highest BCUT2D eigenvalue weighted by Gasteiger charge is 2.15. The Labute approximate surface area is 95.6 Å². The SMILES string of the molecule is C=CC(=O)O.C=CC(=O)OC1CCCCC1. The van der Waals surface area contributed by atoms with Gasteiger partial charge in [0.15, 0.2) is 0 Å². The molecule has 0 spiro atoms. The number of carbonyl (C=O) groups excluding carboxylic acids is 1. The topological polar surface area (TPSA) is 63.6 Å². The molecule has 0 bridgehead atoms. The summed E-state index contributed by atoms with van der Waals surface area (Å²) in [5.41, 5.74) is 0. The zero-order valence-electron chi connectivity index (χ0n) is 9.35. The fourth-order valence-corrected chi connectivity index (χ4v) is 1.40. The Morgan fingerprint density at radius 1 is 1.12 bits per heavy atom. The van der Waals surface area contributed by atoms with Gasteiger partial charge < -0.3 is 9.84 Å². The molecule has 0 aromatic carbocycles. The van der Waals surface area contributed by atoms with Gasteiger partial charge in [-0.05, 0) is 25.7 Å². The van der Waals surface area contributed by atoms with Gasteiger partial charge in [0.25, 0.3) is 0 Å². The largest absolute Gasteiger partial charge is 0.478 e. The summed E-state index contributed by atoms with van der Waals surface area (Å²) in [6.45, 7) is 6.31. The van der Waals surface area contributed by atoms with Gasteiger partial charge in [0.1, 0.15) is 6.10 Å². The molecule has 1 rings (SSSR count). The number of ether oxygens (including phenoxy) is 1. The monoisotopic (exact) mass is 226 g/mol. The average molecular weight is 226 g/mol. The first-order valence-electron chi connectivity index (χ1n) is 5.28. The van der Waals surface area contributed by atoms with Crippen molar-refractivity contribution in [3.63, 3.8) is 0 Å². The van der Waals surface area contributed by atoms with E-state index in [-0.39, 0.29) is 12.1 Å². The van der Waals surface area contributed by atoms with E-state index in [0.717, 1.165) is 18.9 Å². The van der Waals surface area contributed by atoms with Crippen LogP contribution in [0.25, 0.3) is 0 Å². The molecule has 1 N–H and O–H groups in total. The molecule has 90 valence electrons. The predicted octanol–water partition coefficient (Wildman–Crippen LogP) is 2.31. The van der Waals surface area contributed by atoms with Gasteiger partial charge in [0.05, 0.1) is 0 Å². The zero-order chi connectivity index (χ0) is 12.4. The standard InChI is InChI=1S/C9H14O2.C3H4O2/c1-2-9(10)11-8-6-4-3-5-7-8;1-2-3(4)5/h2,8H,1,3-7H2;2H,1H2,(H,4,5). The van der Waals surface area contributed by atoms with Gasteiger partial charge in [-0.25, -0.2) is 9.59 Å². The lowest BCUT2D eigenvalue weighted by atomic mass is 9.98. The Morgan fingerprint density at radius 2 is 1.62 bits per heavy atom.